The molecule has 0 aliphatic heterocycles. The third-order valence-electron chi connectivity index (χ3n) is 0.312. The van der Waals surface area contributed by atoms with Crippen molar-refractivity contribution in [1.29, 1.82) is 0 Å². The summed E-state index contributed by atoms with van der Waals surface area (Å²) in [7, 11) is -8.20. The van der Waals surface area contributed by atoms with Crippen LogP contribution in [0.5, 0.6) is 0 Å². The summed E-state index contributed by atoms with van der Waals surface area (Å²) in [4.78, 5) is 16.2. The van der Waals surface area contributed by atoms with Gasteiger partial charge in [0.1, 0.15) is 0 Å². The molecule has 0 heterocycles. The van der Waals surface area contributed by atoms with E-state index < -0.39 is 17.0 Å². The Kier molecular flexibility index (Phi) is 3.15. The minimum absolute atomic E-state index is 2.89. The lowest BCUT2D eigenvalue weighted by Crippen LogP contribution is -2.39. The highest BCUT2D eigenvalue weighted by Gasteiger charge is 2.40. The van der Waals surface area contributed by atoms with Crippen LogP contribution >= 0.6 is 7.91 Å². The average molecular weight is 174 g/mol. The summed E-state index contributed by atoms with van der Waals surface area (Å²) in [6.45, 7) is 0. The SMILES string of the molecule is O=P(=O)O[Si](O)(O)OO. The molecule has 0 aromatic heterocycles. The fraction of sp³-hybridized carbons (Fsp3) is 0. The largest absolute Gasteiger partial charge is 0.714 e. The number of rotatable bonds is 3. The van der Waals surface area contributed by atoms with Crippen LogP contribution in [0.25, 0.3) is 0 Å². The van der Waals surface area contributed by atoms with Crippen molar-refractivity contribution in [3.05, 3.63) is 0 Å². The molecule has 0 atom stereocenters. The maximum Gasteiger partial charge on any atom is 0.714 e. The molecule has 0 aliphatic rings. The molecular weight excluding hydrogens is 171 g/mol. The molecule has 0 rings (SSSR count). The molecule has 0 unspecified atom stereocenters. The van der Waals surface area contributed by atoms with Gasteiger partial charge in [-0.3, -0.25) is 5.26 Å². The highest BCUT2D eigenvalue weighted by Crippen LogP contribution is 2.11. The van der Waals surface area contributed by atoms with Crippen LogP contribution in [-0.4, -0.2) is 23.9 Å². The molecule has 0 spiro atoms. The van der Waals surface area contributed by atoms with Gasteiger partial charge in [-0.05, 0) is 0 Å². The number of hydrogen-bond acceptors (Lipinski definition) is 7. The van der Waals surface area contributed by atoms with Crippen molar-refractivity contribution in [2.75, 3.05) is 0 Å². The predicted octanol–water partition coefficient (Wildman–Crippen LogP) is -0.999. The smallest absolute Gasteiger partial charge is 0.366 e. The average Bonchev–Trinajstić information content (AvgIpc) is 1.63. The summed E-state index contributed by atoms with van der Waals surface area (Å²) in [6.07, 6.45) is 0. The molecule has 0 amide bonds. The van der Waals surface area contributed by atoms with E-state index >= 15 is 0 Å². The van der Waals surface area contributed by atoms with E-state index in [-0.39, 0.29) is 0 Å². The minimum Gasteiger partial charge on any atom is -0.366 e. The molecule has 0 fully saturated rings. The standard InChI is InChI=1S/H3O7PSi/c1-6-9(4,5)7-8(2)3/h1,4-5H. The van der Waals surface area contributed by atoms with E-state index in [4.69, 9.17) is 14.8 Å². The fourth-order valence-electron chi connectivity index (χ4n) is 0.114. The molecule has 0 aromatic rings. The van der Waals surface area contributed by atoms with Crippen LogP contribution in [0.1, 0.15) is 0 Å². The van der Waals surface area contributed by atoms with Crippen molar-refractivity contribution >= 4 is 17.0 Å². The first-order valence-electron chi connectivity index (χ1n) is 1.59. The summed E-state index contributed by atoms with van der Waals surface area (Å²) in [5, 5.41) is 7.51. The molecule has 3 N–H and O–H groups in total. The van der Waals surface area contributed by atoms with Gasteiger partial charge < -0.3 is 9.59 Å². The molecule has 9 heavy (non-hydrogen) atoms. The van der Waals surface area contributed by atoms with Crippen molar-refractivity contribution in [3.63, 3.8) is 0 Å². The molecule has 54 valence electrons. The predicted molar refractivity (Wildman–Crippen MR) is 23.3 cm³/mol. The summed E-state index contributed by atoms with van der Waals surface area (Å²) in [5.41, 5.74) is 0. The van der Waals surface area contributed by atoms with Gasteiger partial charge in [0.15, 0.2) is 0 Å². The van der Waals surface area contributed by atoms with Gasteiger partial charge in [-0.2, -0.15) is 4.58 Å². The van der Waals surface area contributed by atoms with E-state index in [0.717, 1.165) is 0 Å². The Balaban J connectivity index is 3.86. The third-order valence-corrected chi connectivity index (χ3v) is 2.10. The molecule has 0 saturated heterocycles. The van der Waals surface area contributed by atoms with Crippen molar-refractivity contribution in [1.82, 2.24) is 0 Å². The van der Waals surface area contributed by atoms with Gasteiger partial charge in [0.05, 0.1) is 0 Å². The molecule has 0 bridgehead atoms. The first kappa shape index (κ1) is 8.92. The lowest BCUT2D eigenvalue weighted by Gasteiger charge is -2.04. The number of hydrogen-bond donors (Lipinski definition) is 3. The van der Waals surface area contributed by atoms with Crippen LogP contribution in [0.2, 0.25) is 0 Å². The molecule has 0 radical (unpaired) electrons. The molecule has 0 aromatic carbocycles. The zero-order chi connectivity index (χ0) is 7.49. The summed E-state index contributed by atoms with van der Waals surface area (Å²) in [5.74, 6) is 0. The quantitative estimate of drug-likeness (QED) is 0.217. The van der Waals surface area contributed by atoms with Gasteiger partial charge in [0.25, 0.3) is 0 Å². The molecule has 7 nitrogen and oxygen atoms in total. The highest BCUT2D eigenvalue weighted by molar-refractivity contribution is 7.26. The van der Waals surface area contributed by atoms with Gasteiger partial charge in [-0.15, -0.1) is 0 Å². The maximum atomic E-state index is 9.51. The lowest BCUT2D eigenvalue weighted by molar-refractivity contribution is -0.205. The van der Waals surface area contributed by atoms with E-state index in [0.29, 0.717) is 0 Å². The summed E-state index contributed by atoms with van der Waals surface area (Å²) < 4.78 is 25.2. The Morgan fingerprint density at radius 3 is 1.89 bits per heavy atom. The van der Waals surface area contributed by atoms with E-state index in [9.17, 15) is 9.13 Å². The van der Waals surface area contributed by atoms with Crippen molar-refractivity contribution in [3.8, 4) is 0 Å². The molecule has 9 heteroatoms. The van der Waals surface area contributed by atoms with Crippen LogP contribution in [0.3, 0.4) is 0 Å². The zero-order valence-corrected chi connectivity index (χ0v) is 5.82. The van der Waals surface area contributed by atoms with Crippen LogP contribution in [0, 0.1) is 0 Å². The Morgan fingerprint density at radius 2 is 1.78 bits per heavy atom. The van der Waals surface area contributed by atoms with Gasteiger partial charge in [0, 0.05) is 0 Å². The van der Waals surface area contributed by atoms with Crippen molar-refractivity contribution < 1.29 is 32.8 Å². The van der Waals surface area contributed by atoms with Crippen LogP contribution in [-0.2, 0) is 17.9 Å². The Hall–Kier alpha value is -0.0831. The van der Waals surface area contributed by atoms with Gasteiger partial charge >= 0.3 is 17.0 Å². The normalized spacial score (nSPS) is 11.4. The van der Waals surface area contributed by atoms with Crippen molar-refractivity contribution in [2.24, 2.45) is 0 Å². The van der Waals surface area contributed by atoms with Gasteiger partial charge in [-0.1, -0.05) is 0 Å². The molecular formula is H3O7PSi. The topological polar surface area (TPSA) is 113 Å². The van der Waals surface area contributed by atoms with E-state index in [1.807, 2.05) is 0 Å². The van der Waals surface area contributed by atoms with E-state index in [1.165, 1.54) is 0 Å². The molecule has 0 saturated carbocycles. The Bertz CT molecular complexity index is 137. The minimum atomic E-state index is -4.78. The van der Waals surface area contributed by atoms with E-state index in [1.54, 1.807) is 0 Å². The first-order valence-corrected chi connectivity index (χ1v) is 4.39. The van der Waals surface area contributed by atoms with Crippen LogP contribution in [0.4, 0.5) is 0 Å². The third kappa shape index (κ3) is 4.42. The Labute approximate surface area is 50.8 Å². The lowest BCUT2D eigenvalue weighted by atomic mass is 14.9. The fourth-order valence-corrected chi connectivity index (χ4v) is 1.02. The van der Waals surface area contributed by atoms with Crippen molar-refractivity contribution in [2.45, 2.75) is 0 Å². The second-order valence-electron chi connectivity index (χ2n) is 0.955. The van der Waals surface area contributed by atoms with Gasteiger partial charge in [-0.25, -0.2) is 13.3 Å². The zero-order valence-electron chi connectivity index (χ0n) is 3.92. The summed E-state index contributed by atoms with van der Waals surface area (Å²) >= 11 is 0. The highest BCUT2D eigenvalue weighted by atomic mass is 31.1. The second kappa shape index (κ2) is 3.18. The van der Waals surface area contributed by atoms with Gasteiger partial charge in [0.2, 0.25) is 0 Å². The monoisotopic (exact) mass is 174 g/mol. The summed E-state index contributed by atoms with van der Waals surface area (Å²) in [6, 6.07) is 0. The maximum absolute atomic E-state index is 9.51. The first-order chi connectivity index (χ1) is 3.98. The van der Waals surface area contributed by atoms with Crippen LogP contribution < -0.4 is 0 Å². The second-order valence-corrected chi connectivity index (χ2v) is 3.41. The molecule has 0 aliphatic carbocycles. The van der Waals surface area contributed by atoms with E-state index in [2.05, 4.69) is 8.79 Å². The Morgan fingerprint density at radius 1 is 1.33 bits per heavy atom. The van der Waals surface area contributed by atoms with Crippen LogP contribution in [0.15, 0.2) is 0 Å².